The normalized spacial score (nSPS) is 14.9. The summed E-state index contributed by atoms with van der Waals surface area (Å²) in [5, 5.41) is 2.47. The highest BCUT2D eigenvalue weighted by molar-refractivity contribution is 9.10. The van der Waals surface area contributed by atoms with Gasteiger partial charge in [0, 0.05) is 22.5 Å². The molecule has 1 N–H and O–H groups in total. The van der Waals surface area contributed by atoms with Gasteiger partial charge in [-0.15, -0.1) is 0 Å². The van der Waals surface area contributed by atoms with Crippen molar-refractivity contribution in [2.24, 2.45) is 0 Å². The predicted molar refractivity (Wildman–Crippen MR) is 75.4 cm³/mol. The molecule has 3 amide bonds. The van der Waals surface area contributed by atoms with Crippen LogP contribution in [-0.2, 0) is 10.5 Å². The van der Waals surface area contributed by atoms with Crippen LogP contribution in [0, 0.1) is 5.82 Å². The molecule has 19 heavy (non-hydrogen) atoms. The Kier molecular flexibility index (Phi) is 4.81. The van der Waals surface area contributed by atoms with E-state index in [1.165, 1.54) is 17.0 Å². The fourth-order valence-electron chi connectivity index (χ4n) is 1.67. The summed E-state index contributed by atoms with van der Waals surface area (Å²) >= 11 is 4.91. The highest BCUT2D eigenvalue weighted by Gasteiger charge is 2.27. The largest absolute Gasteiger partial charge is 0.329 e. The molecule has 1 heterocycles. The number of nitrogens with zero attached hydrogens (tertiary/aromatic N) is 1. The van der Waals surface area contributed by atoms with E-state index in [9.17, 15) is 14.0 Å². The van der Waals surface area contributed by atoms with Crippen LogP contribution >= 0.6 is 27.7 Å². The monoisotopic (exact) mass is 346 g/mol. The van der Waals surface area contributed by atoms with Gasteiger partial charge >= 0.3 is 6.03 Å². The summed E-state index contributed by atoms with van der Waals surface area (Å²) in [5.41, 5.74) is 0.863. The fourth-order valence-corrected chi connectivity index (χ4v) is 3.16. The van der Waals surface area contributed by atoms with Crippen LogP contribution in [0.25, 0.3) is 0 Å². The molecule has 1 aliphatic heterocycles. The Morgan fingerprint density at radius 2 is 2.21 bits per heavy atom. The van der Waals surface area contributed by atoms with E-state index in [-0.39, 0.29) is 24.3 Å². The van der Waals surface area contributed by atoms with Gasteiger partial charge < -0.3 is 5.32 Å². The van der Waals surface area contributed by atoms with E-state index in [2.05, 4.69) is 21.2 Å². The molecule has 1 fully saturated rings. The third-order valence-electron chi connectivity index (χ3n) is 2.66. The second-order valence-corrected chi connectivity index (χ2v) is 5.95. The molecule has 0 spiro atoms. The first kappa shape index (κ1) is 14.3. The number of nitrogens with one attached hydrogen (secondary N) is 1. The number of amides is 3. The molecular weight excluding hydrogens is 335 g/mol. The number of imide groups is 1. The summed E-state index contributed by atoms with van der Waals surface area (Å²) in [4.78, 5) is 23.8. The topological polar surface area (TPSA) is 49.4 Å². The van der Waals surface area contributed by atoms with Gasteiger partial charge in [-0.2, -0.15) is 11.8 Å². The van der Waals surface area contributed by atoms with E-state index in [4.69, 9.17) is 0 Å². The number of thioether (sulfide) groups is 1. The second-order valence-electron chi connectivity index (χ2n) is 3.99. The molecule has 0 unspecified atom stereocenters. The lowest BCUT2D eigenvalue weighted by atomic mass is 10.2. The number of urea groups is 1. The highest BCUT2D eigenvalue weighted by atomic mass is 79.9. The van der Waals surface area contributed by atoms with E-state index < -0.39 is 0 Å². The second kappa shape index (κ2) is 6.38. The van der Waals surface area contributed by atoms with Crippen molar-refractivity contribution in [3.05, 3.63) is 34.1 Å². The van der Waals surface area contributed by atoms with Crippen LogP contribution < -0.4 is 5.32 Å². The van der Waals surface area contributed by atoms with Crippen molar-refractivity contribution in [3.8, 4) is 0 Å². The number of carbonyl (C=O) groups is 2. The maximum absolute atomic E-state index is 13.1. The maximum Gasteiger partial charge on any atom is 0.324 e. The van der Waals surface area contributed by atoms with Crippen molar-refractivity contribution in [1.29, 1.82) is 0 Å². The molecule has 7 heteroatoms. The SMILES string of the molecule is O=C1CNC(=O)N1CCSCc1cc(F)ccc1Br. The van der Waals surface area contributed by atoms with Gasteiger partial charge in [0.25, 0.3) is 0 Å². The van der Waals surface area contributed by atoms with E-state index in [0.29, 0.717) is 18.1 Å². The van der Waals surface area contributed by atoms with Crippen molar-refractivity contribution in [3.63, 3.8) is 0 Å². The Labute approximate surface area is 122 Å². The zero-order valence-corrected chi connectivity index (χ0v) is 12.4. The Morgan fingerprint density at radius 3 is 2.89 bits per heavy atom. The molecule has 1 aliphatic rings. The lowest BCUT2D eigenvalue weighted by Crippen LogP contribution is -2.32. The predicted octanol–water partition coefficient (Wildman–Crippen LogP) is 2.37. The van der Waals surface area contributed by atoms with Crippen molar-refractivity contribution in [1.82, 2.24) is 10.2 Å². The molecule has 0 aromatic heterocycles. The first-order chi connectivity index (χ1) is 9.08. The van der Waals surface area contributed by atoms with E-state index >= 15 is 0 Å². The van der Waals surface area contributed by atoms with Gasteiger partial charge in [-0.25, -0.2) is 9.18 Å². The Hall–Kier alpha value is -1.08. The number of hydrogen-bond donors (Lipinski definition) is 1. The molecule has 0 saturated carbocycles. The lowest BCUT2D eigenvalue weighted by molar-refractivity contribution is -0.124. The maximum atomic E-state index is 13.1. The zero-order chi connectivity index (χ0) is 13.8. The Bertz CT molecular complexity index is 497. The van der Waals surface area contributed by atoms with Crippen molar-refractivity contribution in [2.45, 2.75) is 5.75 Å². The van der Waals surface area contributed by atoms with Gasteiger partial charge in [0.2, 0.25) is 5.91 Å². The molecule has 0 radical (unpaired) electrons. The first-order valence-electron chi connectivity index (χ1n) is 5.68. The van der Waals surface area contributed by atoms with Crippen LogP contribution in [0.15, 0.2) is 22.7 Å². The van der Waals surface area contributed by atoms with Crippen molar-refractivity contribution >= 4 is 39.6 Å². The molecule has 1 aromatic carbocycles. The highest BCUT2D eigenvalue weighted by Crippen LogP contribution is 2.22. The molecule has 0 bridgehead atoms. The summed E-state index contributed by atoms with van der Waals surface area (Å²) in [6.45, 7) is 0.460. The van der Waals surface area contributed by atoms with E-state index in [1.807, 2.05) is 0 Å². The van der Waals surface area contributed by atoms with Gasteiger partial charge in [-0.3, -0.25) is 9.69 Å². The Balaban J connectivity index is 1.79. The number of rotatable bonds is 5. The van der Waals surface area contributed by atoms with Crippen LogP contribution in [0.2, 0.25) is 0 Å². The minimum absolute atomic E-state index is 0.0823. The average Bonchev–Trinajstić information content (AvgIpc) is 2.69. The Morgan fingerprint density at radius 1 is 1.42 bits per heavy atom. The van der Waals surface area contributed by atoms with Crippen LogP contribution in [0.1, 0.15) is 5.56 Å². The van der Waals surface area contributed by atoms with Gasteiger partial charge in [0.1, 0.15) is 5.82 Å². The average molecular weight is 347 g/mol. The van der Waals surface area contributed by atoms with E-state index in [1.54, 1.807) is 17.8 Å². The van der Waals surface area contributed by atoms with Crippen LogP contribution in [0.3, 0.4) is 0 Å². The summed E-state index contributed by atoms with van der Waals surface area (Å²) in [6, 6.07) is 4.21. The standard InChI is InChI=1S/C12H12BrFN2O2S/c13-10-2-1-9(14)5-8(10)7-19-4-3-16-11(17)6-15-12(16)18/h1-2,5H,3-4,6-7H2,(H,15,18). The summed E-state index contributed by atoms with van der Waals surface area (Å²) in [7, 11) is 0. The molecule has 2 rings (SSSR count). The summed E-state index contributed by atoms with van der Waals surface area (Å²) < 4.78 is 13.9. The summed E-state index contributed by atoms with van der Waals surface area (Å²) in [6.07, 6.45) is 0. The van der Waals surface area contributed by atoms with Crippen LogP contribution in [-0.4, -0.2) is 35.7 Å². The van der Waals surface area contributed by atoms with Crippen LogP contribution in [0.4, 0.5) is 9.18 Å². The molecular formula is C12H12BrFN2O2S. The molecule has 4 nitrogen and oxygen atoms in total. The first-order valence-corrected chi connectivity index (χ1v) is 7.62. The van der Waals surface area contributed by atoms with Gasteiger partial charge in [-0.05, 0) is 23.8 Å². The van der Waals surface area contributed by atoms with Crippen molar-refractivity contribution < 1.29 is 14.0 Å². The smallest absolute Gasteiger partial charge is 0.324 e. The number of carbonyl (C=O) groups excluding carboxylic acids is 2. The molecule has 0 aliphatic carbocycles. The minimum Gasteiger partial charge on any atom is -0.329 e. The van der Waals surface area contributed by atoms with Crippen LogP contribution in [0.5, 0.6) is 0 Å². The quantitative estimate of drug-likeness (QED) is 0.657. The fraction of sp³-hybridized carbons (Fsp3) is 0.333. The molecule has 1 saturated heterocycles. The number of halogens is 2. The van der Waals surface area contributed by atoms with Gasteiger partial charge in [0.15, 0.2) is 0 Å². The number of benzene rings is 1. The molecule has 1 aromatic rings. The number of hydrogen-bond acceptors (Lipinski definition) is 3. The minimum atomic E-state index is -0.336. The third kappa shape index (κ3) is 3.70. The van der Waals surface area contributed by atoms with Gasteiger partial charge in [0.05, 0.1) is 6.54 Å². The van der Waals surface area contributed by atoms with Crippen molar-refractivity contribution in [2.75, 3.05) is 18.8 Å². The van der Waals surface area contributed by atoms with E-state index in [0.717, 1.165) is 10.0 Å². The van der Waals surface area contributed by atoms with Gasteiger partial charge in [-0.1, -0.05) is 15.9 Å². The molecule has 0 atom stereocenters. The zero-order valence-electron chi connectivity index (χ0n) is 9.99. The summed E-state index contributed by atoms with van der Waals surface area (Å²) in [5.74, 6) is 0.787. The lowest BCUT2D eigenvalue weighted by Gasteiger charge is -2.11. The molecule has 102 valence electrons. The third-order valence-corrected chi connectivity index (χ3v) is 4.42.